The van der Waals surface area contributed by atoms with Crippen LogP contribution in [0.4, 0.5) is 0 Å². The van der Waals surface area contributed by atoms with Gasteiger partial charge < -0.3 is 149 Å². The van der Waals surface area contributed by atoms with Gasteiger partial charge in [-0.15, -0.1) is 0 Å². The van der Waals surface area contributed by atoms with Gasteiger partial charge in [-0.05, 0) is 0 Å². The van der Waals surface area contributed by atoms with Crippen molar-refractivity contribution in [2.45, 2.75) is 184 Å². The highest BCUT2D eigenvalue weighted by molar-refractivity contribution is 5.01. The largest absolute Gasteiger partial charge is 0.394 e. The highest BCUT2D eigenvalue weighted by atomic mass is 16.8. The third-order valence-electron chi connectivity index (χ3n) is 12.7. The predicted octanol–water partition coefficient (Wildman–Crippen LogP) is -13.1. The quantitative estimate of drug-likeness (QED) is 0.117. The smallest absolute Gasteiger partial charge is 0.187 e. The molecule has 22 heterocycles. The molecule has 18 N–H and O–H groups in total. The van der Waals surface area contributed by atoms with E-state index in [-0.39, 0.29) is 0 Å². The van der Waals surface area contributed by atoms with Crippen LogP contribution in [0.2, 0.25) is 0 Å². The zero-order chi connectivity index (χ0) is 48.0. The van der Waals surface area contributed by atoms with Crippen LogP contribution in [-0.4, -0.2) is 316 Å². The predicted molar refractivity (Wildman–Crippen MR) is 196 cm³/mol. The normalized spacial score (nSPS) is 55.4. The molecule has 0 spiro atoms. The first kappa shape index (κ1) is 52.6. The Bertz CT molecular complexity index is 1230. The maximum atomic E-state index is 11.2. The lowest BCUT2D eigenvalue weighted by molar-refractivity contribution is -0.404. The molecule has 0 aromatic carbocycles. The van der Waals surface area contributed by atoms with E-state index in [2.05, 4.69) is 0 Å². The number of aliphatic hydroxyl groups excluding tert-OH is 18. The lowest BCUT2D eigenvalue weighted by atomic mass is 9.94. The molecule has 0 amide bonds. The maximum Gasteiger partial charge on any atom is 0.187 e. The average Bonchev–Trinajstić information content (AvgIpc) is 3.31. The van der Waals surface area contributed by atoms with Crippen molar-refractivity contribution < 1.29 is 149 Å². The summed E-state index contributed by atoms with van der Waals surface area (Å²) in [6.07, 6.45) is -58.5. The first-order chi connectivity index (χ1) is 31.4. The highest BCUT2D eigenvalue weighted by Gasteiger charge is 2.58. The summed E-state index contributed by atoms with van der Waals surface area (Å²) in [6.45, 7) is -5.99. The van der Waals surface area contributed by atoms with Crippen LogP contribution in [0.25, 0.3) is 0 Å². The first-order valence-electron chi connectivity index (χ1n) is 21.1. The Hall–Kier alpha value is -1.20. The molecule has 22 fully saturated rings. The van der Waals surface area contributed by atoms with Crippen molar-refractivity contribution in [1.29, 1.82) is 0 Å². The van der Waals surface area contributed by atoms with E-state index in [1.807, 2.05) is 0 Å². The molecule has 22 rings (SSSR count). The summed E-state index contributed by atoms with van der Waals surface area (Å²) in [7, 11) is 0. The van der Waals surface area contributed by atoms with E-state index >= 15 is 0 Å². The molecular weight excluding hydrogens is 912 g/mol. The average molecular weight is 973 g/mol. The Kier molecular flexibility index (Phi) is 17.6. The van der Waals surface area contributed by atoms with E-state index in [4.69, 9.17) is 56.8 Å². The number of hydrogen-bond donors (Lipinski definition) is 18. The zero-order valence-electron chi connectivity index (χ0n) is 34.5. The van der Waals surface area contributed by atoms with Crippen molar-refractivity contribution in [2.75, 3.05) is 39.6 Å². The summed E-state index contributed by atoms with van der Waals surface area (Å²) in [5.74, 6) is 0. The monoisotopic (exact) mass is 972 g/mol. The van der Waals surface area contributed by atoms with Crippen LogP contribution >= 0.6 is 0 Å². The number of ether oxygens (including phenoxy) is 12. The molecule has 30 atom stereocenters. The molecule has 0 unspecified atom stereocenters. The molecule has 22 aliphatic rings. The standard InChI is InChI=1S/C36H60O30/c37-1-7-25-13(43)19(49)31(55-7)62-26-8(2-38)57-33(21(51)15(26)45)64-28-10(4-40)59-35(23(53)17(28)47)66-30-12(6-42)60-36(24(54)18(30)48)65-29-11(5-41)58-34(22(52)16(29)46)63-27-9(3-39)56-32(61-25)20(50)14(27)44/h7-54H,1-6H2/t7-,8-,9-,10-,11-,12-,13-,14-,15-,16-,17-,18-,19-,20-,21-,22-,23-,24-,25-,26+,27+,28-,29-,30+,31-,32+,33+,34-,35-,36+/m1/s1. The first-order valence-corrected chi connectivity index (χ1v) is 21.1. The van der Waals surface area contributed by atoms with Crippen LogP contribution < -0.4 is 0 Å². The van der Waals surface area contributed by atoms with Gasteiger partial charge in [-0.3, -0.25) is 0 Å². The number of hydrogen-bond acceptors (Lipinski definition) is 30. The number of aliphatic hydroxyl groups is 18. The Morgan fingerprint density at radius 2 is 0.303 bits per heavy atom. The summed E-state index contributed by atoms with van der Waals surface area (Å²) in [5, 5.41) is 196. The van der Waals surface area contributed by atoms with Gasteiger partial charge in [0.2, 0.25) is 0 Å². The van der Waals surface area contributed by atoms with Gasteiger partial charge in [-0.25, -0.2) is 0 Å². The molecule has 12 bridgehead atoms. The van der Waals surface area contributed by atoms with Gasteiger partial charge in [0, 0.05) is 0 Å². The van der Waals surface area contributed by atoms with E-state index < -0.39 is 224 Å². The summed E-state index contributed by atoms with van der Waals surface area (Å²) in [5.41, 5.74) is 0. The zero-order valence-corrected chi connectivity index (χ0v) is 34.5. The summed E-state index contributed by atoms with van der Waals surface area (Å²) in [4.78, 5) is 0. The van der Waals surface area contributed by atoms with E-state index in [1.54, 1.807) is 0 Å². The summed E-state index contributed by atoms with van der Waals surface area (Å²) >= 11 is 0. The minimum absolute atomic E-state index is 0.999. The van der Waals surface area contributed by atoms with Crippen molar-refractivity contribution >= 4 is 0 Å². The molecule has 30 nitrogen and oxygen atoms in total. The molecule has 0 saturated carbocycles. The van der Waals surface area contributed by atoms with E-state index in [1.165, 1.54) is 0 Å². The highest BCUT2D eigenvalue weighted by Crippen LogP contribution is 2.38. The summed E-state index contributed by atoms with van der Waals surface area (Å²) < 4.78 is 67.9. The van der Waals surface area contributed by atoms with Crippen LogP contribution in [0.5, 0.6) is 0 Å². The molecular formula is C36H60O30. The topological polar surface area (TPSA) is 475 Å². The van der Waals surface area contributed by atoms with Crippen molar-refractivity contribution in [3.05, 3.63) is 0 Å². The minimum atomic E-state index is -2.15. The second-order valence-electron chi connectivity index (χ2n) is 16.8. The Balaban J connectivity index is 1.19. The van der Waals surface area contributed by atoms with Gasteiger partial charge in [-0.2, -0.15) is 0 Å². The lowest BCUT2D eigenvalue weighted by Crippen LogP contribution is -2.69. The van der Waals surface area contributed by atoms with E-state index in [0.29, 0.717) is 0 Å². The van der Waals surface area contributed by atoms with E-state index in [0.717, 1.165) is 0 Å². The second kappa shape index (κ2) is 22.1. The molecule has 0 aliphatic carbocycles. The van der Waals surface area contributed by atoms with Gasteiger partial charge in [-0.1, -0.05) is 0 Å². The van der Waals surface area contributed by atoms with Crippen LogP contribution in [0, 0.1) is 0 Å². The molecule has 0 aromatic rings. The minimum Gasteiger partial charge on any atom is -0.394 e. The fraction of sp³-hybridized carbons (Fsp3) is 1.00. The fourth-order valence-corrected chi connectivity index (χ4v) is 8.93. The van der Waals surface area contributed by atoms with Gasteiger partial charge in [0.05, 0.1) is 39.6 Å². The molecule has 30 heteroatoms. The second-order valence-corrected chi connectivity index (χ2v) is 16.8. The Morgan fingerprint density at radius 1 is 0.182 bits per heavy atom. The van der Waals surface area contributed by atoms with Crippen LogP contribution in [0.3, 0.4) is 0 Å². The van der Waals surface area contributed by atoms with Crippen molar-refractivity contribution in [2.24, 2.45) is 0 Å². The molecule has 22 aliphatic heterocycles. The van der Waals surface area contributed by atoms with Gasteiger partial charge in [0.25, 0.3) is 0 Å². The van der Waals surface area contributed by atoms with Crippen LogP contribution in [0.1, 0.15) is 0 Å². The molecule has 22 saturated heterocycles. The van der Waals surface area contributed by atoms with Crippen molar-refractivity contribution in [3.63, 3.8) is 0 Å². The molecule has 384 valence electrons. The van der Waals surface area contributed by atoms with E-state index in [9.17, 15) is 91.9 Å². The fourth-order valence-electron chi connectivity index (χ4n) is 8.93. The lowest BCUT2D eigenvalue weighted by Gasteiger charge is -2.50. The number of rotatable bonds is 6. The van der Waals surface area contributed by atoms with Gasteiger partial charge in [0.15, 0.2) is 37.7 Å². The molecule has 66 heavy (non-hydrogen) atoms. The summed E-state index contributed by atoms with van der Waals surface area (Å²) in [6, 6.07) is 0. The van der Waals surface area contributed by atoms with Crippen molar-refractivity contribution in [3.8, 4) is 0 Å². The van der Waals surface area contributed by atoms with Crippen molar-refractivity contribution in [1.82, 2.24) is 0 Å². The third-order valence-corrected chi connectivity index (χ3v) is 12.7. The van der Waals surface area contributed by atoms with Crippen LogP contribution in [-0.2, 0) is 56.8 Å². The van der Waals surface area contributed by atoms with Crippen LogP contribution in [0.15, 0.2) is 0 Å². The Morgan fingerprint density at radius 3 is 0.409 bits per heavy atom. The third kappa shape index (κ3) is 10.0. The Labute approximate surface area is 372 Å². The van der Waals surface area contributed by atoms with Gasteiger partial charge in [0.1, 0.15) is 146 Å². The molecule has 0 radical (unpaired) electrons. The SMILES string of the molecule is OC[C@H]1O[C@H]2O[C@H]3[C@H](O)[C@@H](O)[C@@H](O[C@@H]4[C@H](O)[C@@H](O)[C@H](O[C@H]5[C@H](O)[C@@H](O)[C@@H](O[C@@H]6[C@H](O)[C@@H](O)[C@H](O[C@H]7[C@H](O)[C@@H](O)[C@@H](O[C@@H]1[C@H](O)[C@H]2O)O[C@@H]7CO)O[C@@H]6CO)O[C@@H]5CO)O[C@@H]4CO)O[C@@H]3CO. The molecule has 0 aromatic heterocycles. The maximum absolute atomic E-state index is 11.2. The van der Waals surface area contributed by atoms with Gasteiger partial charge >= 0.3 is 0 Å².